The first-order valence-corrected chi connectivity index (χ1v) is 15.0. The molecule has 1 fully saturated rings. The van der Waals surface area contributed by atoms with E-state index in [1.165, 1.54) is 11.3 Å². The lowest BCUT2D eigenvalue weighted by Crippen LogP contribution is -2.44. The molecule has 9 nitrogen and oxygen atoms in total. The summed E-state index contributed by atoms with van der Waals surface area (Å²) in [5, 5.41) is 15.4. The van der Waals surface area contributed by atoms with Crippen molar-refractivity contribution in [1.29, 1.82) is 0 Å². The Bertz CT molecular complexity index is 1690. The maximum absolute atomic E-state index is 11.9. The smallest absolute Gasteiger partial charge is 0.260 e. The van der Waals surface area contributed by atoms with Crippen LogP contribution in [0.4, 0.5) is 11.5 Å². The number of nitrogen functional groups attached to an aromatic ring is 1. The zero-order valence-electron chi connectivity index (χ0n) is 23.1. The molecule has 0 spiro atoms. The van der Waals surface area contributed by atoms with Crippen LogP contribution in [0.15, 0.2) is 54.6 Å². The van der Waals surface area contributed by atoms with E-state index in [-0.39, 0.29) is 0 Å². The highest BCUT2D eigenvalue weighted by molar-refractivity contribution is 7.21. The number of aromatic amines is 1. The number of amides is 1. The third-order valence-electron chi connectivity index (χ3n) is 7.87. The maximum Gasteiger partial charge on any atom is 0.260 e. The van der Waals surface area contributed by atoms with Crippen molar-refractivity contribution in [3.05, 3.63) is 70.6 Å². The number of fused-ring (bicyclic) bond motifs is 2. The lowest BCUT2D eigenvalue weighted by Gasteiger charge is -2.34. The van der Waals surface area contributed by atoms with E-state index in [1.807, 2.05) is 48.5 Å². The van der Waals surface area contributed by atoms with E-state index >= 15 is 0 Å². The number of carbonyl (C=O) groups is 1. The van der Waals surface area contributed by atoms with Crippen LogP contribution in [0.5, 0.6) is 0 Å². The zero-order valence-corrected chi connectivity index (χ0v) is 23.9. The summed E-state index contributed by atoms with van der Waals surface area (Å²) in [5.74, 6) is 1.23. The molecular weight excluding hydrogens is 534 g/mol. The number of rotatable bonds is 9. The van der Waals surface area contributed by atoms with Gasteiger partial charge >= 0.3 is 0 Å². The van der Waals surface area contributed by atoms with Crippen molar-refractivity contribution in [2.45, 2.75) is 44.8 Å². The summed E-state index contributed by atoms with van der Waals surface area (Å²) in [6.45, 7) is 4.30. The van der Waals surface area contributed by atoms with Gasteiger partial charge in [0, 0.05) is 36.6 Å². The number of hydrogen-bond donors (Lipinski definition) is 5. The number of nitrogens with two attached hydrogens (primary N) is 2. The fourth-order valence-electron chi connectivity index (χ4n) is 5.67. The predicted octanol–water partition coefficient (Wildman–Crippen LogP) is 4.77. The summed E-state index contributed by atoms with van der Waals surface area (Å²) in [5.41, 5.74) is 17.1. The van der Waals surface area contributed by atoms with Crippen LogP contribution in [-0.2, 0) is 6.42 Å². The molecule has 6 rings (SSSR count). The molecule has 0 bridgehead atoms. The van der Waals surface area contributed by atoms with E-state index in [0.717, 1.165) is 88.4 Å². The van der Waals surface area contributed by atoms with Crippen molar-refractivity contribution in [1.82, 2.24) is 20.3 Å². The van der Waals surface area contributed by atoms with Gasteiger partial charge in [-0.15, -0.1) is 11.3 Å². The third kappa shape index (κ3) is 5.50. The standard InChI is InChI=1S/C31H35N7O2S/c1-2-6-20-16-25(37-31-26(20)27(32)28(41-31)29(33)40)38-13-11-21(12-14-38)34-17-24(39)19-9-10-22-23(15-19)36-30(35-22)18-7-4-3-5-8-18/h3-5,7-10,15-16,21,24,34,39H,2,6,11-14,17,32H2,1H3,(H2,33,40)(H,35,36). The zero-order chi connectivity index (χ0) is 28.5. The van der Waals surface area contributed by atoms with Crippen LogP contribution < -0.4 is 21.7 Å². The number of primary amides is 1. The molecule has 3 aromatic heterocycles. The predicted molar refractivity (Wildman–Crippen MR) is 166 cm³/mol. The SMILES string of the molecule is CCCc1cc(N2CCC(NCC(O)c3ccc4[nH]c(-c5ccccc5)nc4c3)CC2)nc2sc(C(N)=O)c(N)c12. The molecule has 0 saturated carbocycles. The van der Waals surface area contributed by atoms with Gasteiger partial charge in [-0.05, 0) is 48.6 Å². The molecule has 1 atom stereocenters. The Balaban J connectivity index is 1.09. The Labute approximate surface area is 242 Å². The van der Waals surface area contributed by atoms with Gasteiger partial charge in [0.2, 0.25) is 0 Å². The highest BCUT2D eigenvalue weighted by Gasteiger charge is 2.24. The number of imidazole rings is 1. The number of aromatic nitrogens is 3. The summed E-state index contributed by atoms with van der Waals surface area (Å²) in [7, 11) is 0. The lowest BCUT2D eigenvalue weighted by atomic mass is 10.0. The number of H-pyrrole nitrogens is 1. The van der Waals surface area contributed by atoms with Gasteiger partial charge in [0.25, 0.3) is 5.91 Å². The minimum atomic E-state index is -0.626. The summed E-state index contributed by atoms with van der Waals surface area (Å²) in [6.07, 6.45) is 3.08. The van der Waals surface area contributed by atoms with Gasteiger partial charge in [-0.2, -0.15) is 0 Å². The monoisotopic (exact) mass is 569 g/mol. The quantitative estimate of drug-likeness (QED) is 0.172. The number of aliphatic hydroxyl groups is 1. The Kier molecular flexibility index (Phi) is 7.61. The van der Waals surface area contributed by atoms with Crippen LogP contribution in [0, 0.1) is 0 Å². The van der Waals surface area contributed by atoms with Crippen LogP contribution in [0.25, 0.3) is 32.6 Å². The van der Waals surface area contributed by atoms with Gasteiger partial charge in [-0.3, -0.25) is 4.79 Å². The second-order valence-corrected chi connectivity index (χ2v) is 11.7. The van der Waals surface area contributed by atoms with Gasteiger partial charge in [0.15, 0.2) is 0 Å². The van der Waals surface area contributed by atoms with Crippen LogP contribution in [0.3, 0.4) is 0 Å². The second-order valence-electron chi connectivity index (χ2n) is 10.7. The number of carbonyl (C=O) groups excluding carboxylic acids is 1. The first kappa shape index (κ1) is 27.2. The first-order valence-electron chi connectivity index (χ1n) is 14.1. The van der Waals surface area contributed by atoms with Crippen molar-refractivity contribution >= 4 is 50.0 Å². The minimum absolute atomic E-state index is 0.303. The minimum Gasteiger partial charge on any atom is -0.397 e. The van der Waals surface area contributed by atoms with E-state index < -0.39 is 12.0 Å². The second kappa shape index (κ2) is 11.5. The van der Waals surface area contributed by atoms with Crippen LogP contribution in [0.2, 0.25) is 0 Å². The number of nitrogens with one attached hydrogen (secondary N) is 2. The normalized spacial score (nSPS) is 15.1. The topological polar surface area (TPSA) is 146 Å². The average Bonchev–Trinajstić information content (AvgIpc) is 3.57. The van der Waals surface area contributed by atoms with E-state index in [2.05, 4.69) is 28.2 Å². The Morgan fingerprint density at radius 1 is 1.17 bits per heavy atom. The van der Waals surface area contributed by atoms with E-state index in [0.29, 0.717) is 23.2 Å². The number of pyridine rings is 1. The Morgan fingerprint density at radius 2 is 1.95 bits per heavy atom. The third-order valence-corrected chi connectivity index (χ3v) is 8.98. The molecule has 212 valence electrons. The molecule has 4 heterocycles. The molecule has 1 unspecified atom stereocenters. The Hall–Kier alpha value is -3.99. The number of nitrogens with zero attached hydrogens (tertiary/aromatic N) is 3. The Morgan fingerprint density at radius 3 is 2.68 bits per heavy atom. The van der Waals surface area contributed by atoms with Gasteiger partial charge in [0.05, 0.1) is 22.8 Å². The van der Waals surface area contributed by atoms with Crippen molar-refractivity contribution in [3.63, 3.8) is 0 Å². The summed E-state index contributed by atoms with van der Waals surface area (Å²) >= 11 is 1.28. The van der Waals surface area contributed by atoms with Gasteiger partial charge < -0.3 is 31.8 Å². The van der Waals surface area contributed by atoms with Crippen LogP contribution in [-0.4, -0.2) is 51.6 Å². The summed E-state index contributed by atoms with van der Waals surface area (Å²) in [6, 6.07) is 18.4. The van der Waals surface area contributed by atoms with Crippen molar-refractivity contribution < 1.29 is 9.90 Å². The van der Waals surface area contributed by atoms with Gasteiger partial charge in [-0.25, -0.2) is 9.97 Å². The van der Waals surface area contributed by atoms with E-state index in [4.69, 9.17) is 21.4 Å². The van der Waals surface area contributed by atoms with Crippen molar-refractivity contribution in [2.75, 3.05) is 30.3 Å². The molecule has 41 heavy (non-hydrogen) atoms. The molecule has 1 amide bonds. The fourth-order valence-corrected chi connectivity index (χ4v) is 6.66. The molecule has 0 radical (unpaired) electrons. The van der Waals surface area contributed by atoms with E-state index in [9.17, 15) is 9.90 Å². The highest BCUT2D eigenvalue weighted by Crippen LogP contribution is 2.37. The number of aliphatic hydroxyl groups excluding tert-OH is 1. The van der Waals surface area contributed by atoms with Crippen LogP contribution >= 0.6 is 11.3 Å². The number of benzene rings is 2. The van der Waals surface area contributed by atoms with Crippen LogP contribution in [0.1, 0.15) is 53.1 Å². The first-order chi connectivity index (χ1) is 19.9. The number of thiophene rings is 1. The van der Waals surface area contributed by atoms with Crippen molar-refractivity contribution in [2.24, 2.45) is 5.73 Å². The van der Waals surface area contributed by atoms with E-state index in [1.54, 1.807) is 0 Å². The number of anilines is 2. The average molecular weight is 570 g/mol. The fraction of sp³-hybridized carbons (Fsp3) is 0.323. The molecule has 7 N–H and O–H groups in total. The lowest BCUT2D eigenvalue weighted by molar-refractivity contribution is 0.100. The number of piperidine rings is 1. The molecule has 10 heteroatoms. The molecule has 2 aromatic carbocycles. The molecular formula is C31H35N7O2S. The van der Waals surface area contributed by atoms with Gasteiger partial charge in [0.1, 0.15) is 21.3 Å². The molecule has 0 aliphatic carbocycles. The molecule has 1 saturated heterocycles. The maximum atomic E-state index is 11.9. The molecule has 1 aliphatic rings. The van der Waals surface area contributed by atoms with Crippen molar-refractivity contribution in [3.8, 4) is 11.4 Å². The number of hydrogen-bond acceptors (Lipinski definition) is 8. The summed E-state index contributed by atoms with van der Waals surface area (Å²) in [4.78, 5) is 28.3. The molecule has 1 aliphatic heterocycles. The summed E-state index contributed by atoms with van der Waals surface area (Å²) < 4.78 is 0. The highest BCUT2D eigenvalue weighted by atomic mass is 32.1. The van der Waals surface area contributed by atoms with Gasteiger partial charge in [-0.1, -0.05) is 49.7 Å². The number of aryl methyl sites for hydroxylation is 1. The molecule has 5 aromatic rings. The largest absolute Gasteiger partial charge is 0.397 e.